The fourth-order valence-corrected chi connectivity index (χ4v) is 1.75. The van der Waals surface area contributed by atoms with Gasteiger partial charge in [-0.05, 0) is 13.0 Å². The molecule has 1 aromatic rings. The van der Waals surface area contributed by atoms with Gasteiger partial charge in [0.05, 0.1) is 6.54 Å². The van der Waals surface area contributed by atoms with Gasteiger partial charge in [-0.1, -0.05) is 46.0 Å². The Labute approximate surface area is 104 Å². The maximum absolute atomic E-state index is 5.53. The molecule has 0 unspecified atom stereocenters. The summed E-state index contributed by atoms with van der Waals surface area (Å²) in [6.45, 7) is 5.91. The summed E-state index contributed by atoms with van der Waals surface area (Å²) in [5.41, 5.74) is 0. The van der Waals surface area contributed by atoms with Gasteiger partial charge in [0.2, 0.25) is 11.8 Å². The summed E-state index contributed by atoms with van der Waals surface area (Å²) >= 11 is 0. The summed E-state index contributed by atoms with van der Waals surface area (Å²) in [4.78, 5) is 0. The SMILES string of the molecule is CCCCCCCCc1nnc(CNCC)o1. The molecule has 0 radical (unpaired) electrons. The van der Waals surface area contributed by atoms with Gasteiger partial charge in [-0.15, -0.1) is 10.2 Å². The third-order valence-electron chi connectivity index (χ3n) is 2.78. The van der Waals surface area contributed by atoms with Gasteiger partial charge in [0.1, 0.15) is 0 Å². The normalized spacial score (nSPS) is 10.9. The predicted octanol–water partition coefficient (Wildman–Crippen LogP) is 3.08. The van der Waals surface area contributed by atoms with E-state index in [1.165, 1.54) is 32.1 Å². The third kappa shape index (κ3) is 6.41. The predicted molar refractivity (Wildman–Crippen MR) is 68.8 cm³/mol. The molecule has 17 heavy (non-hydrogen) atoms. The van der Waals surface area contributed by atoms with Gasteiger partial charge >= 0.3 is 0 Å². The summed E-state index contributed by atoms with van der Waals surface area (Å²) in [6, 6.07) is 0. The maximum atomic E-state index is 5.53. The van der Waals surface area contributed by atoms with Crippen LogP contribution >= 0.6 is 0 Å². The lowest BCUT2D eigenvalue weighted by molar-refractivity contribution is 0.427. The van der Waals surface area contributed by atoms with E-state index in [4.69, 9.17) is 4.42 Å². The number of aromatic nitrogens is 2. The molecule has 0 saturated carbocycles. The maximum Gasteiger partial charge on any atom is 0.230 e. The van der Waals surface area contributed by atoms with Crippen LogP contribution in [-0.4, -0.2) is 16.7 Å². The zero-order chi connectivity index (χ0) is 12.3. The van der Waals surface area contributed by atoms with E-state index in [0.717, 1.165) is 25.3 Å². The van der Waals surface area contributed by atoms with Crippen molar-refractivity contribution in [2.45, 2.75) is 65.3 Å². The molecule has 0 bridgehead atoms. The number of nitrogens with one attached hydrogen (secondary N) is 1. The van der Waals surface area contributed by atoms with Crippen molar-refractivity contribution in [1.29, 1.82) is 0 Å². The molecular weight excluding hydrogens is 214 g/mol. The smallest absolute Gasteiger partial charge is 0.230 e. The second-order valence-corrected chi connectivity index (χ2v) is 4.39. The van der Waals surface area contributed by atoms with E-state index in [-0.39, 0.29) is 0 Å². The van der Waals surface area contributed by atoms with Crippen molar-refractivity contribution < 1.29 is 4.42 Å². The van der Waals surface area contributed by atoms with Crippen molar-refractivity contribution in [2.75, 3.05) is 6.54 Å². The number of hydrogen-bond acceptors (Lipinski definition) is 4. The summed E-state index contributed by atoms with van der Waals surface area (Å²) in [7, 11) is 0. The Balaban J connectivity index is 2.08. The van der Waals surface area contributed by atoms with Crippen molar-refractivity contribution in [1.82, 2.24) is 15.5 Å². The monoisotopic (exact) mass is 239 g/mol. The number of hydrogen-bond donors (Lipinski definition) is 1. The van der Waals surface area contributed by atoms with Crippen LogP contribution in [0.1, 0.15) is 64.2 Å². The molecule has 0 aromatic carbocycles. The first-order valence-electron chi connectivity index (χ1n) is 6.88. The second-order valence-electron chi connectivity index (χ2n) is 4.39. The van der Waals surface area contributed by atoms with E-state index in [9.17, 15) is 0 Å². The Morgan fingerprint density at radius 3 is 2.41 bits per heavy atom. The van der Waals surface area contributed by atoms with Crippen LogP contribution in [0.3, 0.4) is 0 Å². The number of aryl methyl sites for hydroxylation is 1. The first kappa shape index (κ1) is 14.2. The van der Waals surface area contributed by atoms with Crippen LogP contribution in [0.4, 0.5) is 0 Å². The third-order valence-corrected chi connectivity index (χ3v) is 2.78. The average Bonchev–Trinajstić information content (AvgIpc) is 2.79. The van der Waals surface area contributed by atoms with Gasteiger partial charge in [-0.2, -0.15) is 0 Å². The molecule has 0 fully saturated rings. The van der Waals surface area contributed by atoms with E-state index in [0.29, 0.717) is 12.4 Å². The van der Waals surface area contributed by atoms with Crippen LogP contribution in [0, 0.1) is 0 Å². The first-order chi connectivity index (χ1) is 8.36. The van der Waals surface area contributed by atoms with E-state index in [1.807, 2.05) is 0 Å². The topological polar surface area (TPSA) is 51.0 Å². The lowest BCUT2D eigenvalue weighted by atomic mass is 10.1. The zero-order valence-corrected chi connectivity index (χ0v) is 11.2. The Hall–Kier alpha value is -0.900. The van der Waals surface area contributed by atoms with Crippen molar-refractivity contribution in [3.8, 4) is 0 Å². The zero-order valence-electron chi connectivity index (χ0n) is 11.2. The highest BCUT2D eigenvalue weighted by atomic mass is 16.4. The average molecular weight is 239 g/mol. The highest BCUT2D eigenvalue weighted by Gasteiger charge is 2.04. The molecule has 0 spiro atoms. The van der Waals surface area contributed by atoms with Crippen molar-refractivity contribution >= 4 is 0 Å². The van der Waals surface area contributed by atoms with Crippen LogP contribution in [-0.2, 0) is 13.0 Å². The Bertz CT molecular complexity index is 286. The van der Waals surface area contributed by atoms with Gasteiger partial charge in [0.25, 0.3) is 0 Å². The van der Waals surface area contributed by atoms with E-state index in [1.54, 1.807) is 0 Å². The minimum Gasteiger partial charge on any atom is -0.424 e. The first-order valence-corrected chi connectivity index (χ1v) is 6.88. The van der Waals surface area contributed by atoms with Crippen LogP contribution in [0.25, 0.3) is 0 Å². The quantitative estimate of drug-likeness (QED) is 0.637. The lowest BCUT2D eigenvalue weighted by Crippen LogP contribution is -2.11. The van der Waals surface area contributed by atoms with Gasteiger partial charge in [-0.3, -0.25) is 0 Å². The van der Waals surface area contributed by atoms with Crippen LogP contribution < -0.4 is 5.32 Å². The highest BCUT2D eigenvalue weighted by Crippen LogP contribution is 2.09. The molecule has 4 nitrogen and oxygen atoms in total. The van der Waals surface area contributed by atoms with E-state index in [2.05, 4.69) is 29.4 Å². The molecule has 0 saturated heterocycles. The minimum absolute atomic E-state index is 0.681. The van der Waals surface area contributed by atoms with Crippen molar-refractivity contribution in [3.05, 3.63) is 11.8 Å². The fourth-order valence-electron chi connectivity index (χ4n) is 1.75. The van der Waals surface area contributed by atoms with Crippen LogP contribution in [0.5, 0.6) is 0 Å². The van der Waals surface area contributed by atoms with Crippen molar-refractivity contribution in [3.63, 3.8) is 0 Å². The standard InChI is InChI=1S/C13H25N3O/c1-3-5-6-7-8-9-10-12-15-16-13(17-12)11-14-4-2/h14H,3-11H2,1-2H3. The van der Waals surface area contributed by atoms with Gasteiger partial charge in [0, 0.05) is 6.42 Å². The summed E-state index contributed by atoms with van der Waals surface area (Å²) in [5.74, 6) is 1.49. The molecule has 1 rings (SSSR count). The molecule has 1 N–H and O–H groups in total. The second kappa shape index (κ2) is 9.16. The van der Waals surface area contributed by atoms with E-state index < -0.39 is 0 Å². The highest BCUT2D eigenvalue weighted by molar-refractivity contribution is 4.81. The van der Waals surface area contributed by atoms with Gasteiger partial charge < -0.3 is 9.73 Å². The van der Waals surface area contributed by atoms with Crippen LogP contribution in [0.15, 0.2) is 4.42 Å². The fraction of sp³-hybridized carbons (Fsp3) is 0.846. The summed E-state index contributed by atoms with van der Waals surface area (Å²) < 4.78 is 5.53. The summed E-state index contributed by atoms with van der Waals surface area (Å²) in [5, 5.41) is 11.2. The molecule has 1 aromatic heterocycles. The number of unbranched alkanes of at least 4 members (excludes halogenated alkanes) is 5. The van der Waals surface area contributed by atoms with Gasteiger partial charge in [-0.25, -0.2) is 0 Å². The molecule has 1 heterocycles. The Morgan fingerprint density at radius 2 is 1.65 bits per heavy atom. The van der Waals surface area contributed by atoms with Crippen LogP contribution in [0.2, 0.25) is 0 Å². The summed E-state index contributed by atoms with van der Waals surface area (Å²) in [6.07, 6.45) is 8.69. The Kier molecular flexibility index (Phi) is 7.63. The minimum atomic E-state index is 0.681. The lowest BCUT2D eigenvalue weighted by Gasteiger charge is -1.98. The molecular formula is C13H25N3O. The molecule has 0 amide bonds. The van der Waals surface area contributed by atoms with Crippen molar-refractivity contribution in [2.24, 2.45) is 0 Å². The van der Waals surface area contributed by atoms with Gasteiger partial charge in [0.15, 0.2) is 0 Å². The Morgan fingerprint density at radius 1 is 0.941 bits per heavy atom. The molecule has 0 atom stereocenters. The molecule has 4 heteroatoms. The molecule has 0 aliphatic heterocycles. The molecule has 0 aliphatic rings. The molecule has 0 aliphatic carbocycles. The molecule has 98 valence electrons. The number of nitrogens with zero attached hydrogens (tertiary/aromatic N) is 2. The largest absolute Gasteiger partial charge is 0.424 e. The number of rotatable bonds is 10. The van der Waals surface area contributed by atoms with E-state index >= 15 is 0 Å².